The van der Waals surface area contributed by atoms with Gasteiger partial charge in [0, 0.05) is 22.9 Å². The molecule has 1 aliphatic carbocycles. The first-order valence-electron chi connectivity index (χ1n) is 6.28. The Hall–Kier alpha value is -0.740. The molecule has 0 radical (unpaired) electrons. The van der Waals surface area contributed by atoms with Crippen molar-refractivity contribution in [3.05, 3.63) is 34.1 Å². The minimum absolute atomic E-state index is 0.0628. The number of rotatable bonds is 3. The number of hydrogen-bond acceptors (Lipinski definition) is 2. The third-order valence-corrected chi connectivity index (χ3v) is 4.10. The van der Waals surface area contributed by atoms with Gasteiger partial charge < -0.3 is 5.73 Å². The quantitative estimate of drug-likeness (QED) is 0.931. The van der Waals surface area contributed by atoms with Crippen molar-refractivity contribution in [3.63, 3.8) is 0 Å². The first-order valence-corrected chi connectivity index (χ1v) is 7.08. The number of Topliss-reactive ketones (excluding diaryl/α,β-unsaturated/α-hetero) is 1. The maximum Gasteiger partial charge on any atom is 0.140 e. The van der Waals surface area contributed by atoms with E-state index in [9.17, 15) is 9.18 Å². The lowest BCUT2D eigenvalue weighted by atomic mass is 9.82. The first kappa shape index (κ1) is 13.7. The highest BCUT2D eigenvalue weighted by Gasteiger charge is 2.24. The summed E-state index contributed by atoms with van der Waals surface area (Å²) in [5, 5.41) is 0. The Balaban J connectivity index is 1.98. The Morgan fingerprint density at radius 2 is 2.00 bits per heavy atom. The molecule has 1 saturated carbocycles. The van der Waals surface area contributed by atoms with Crippen molar-refractivity contribution in [2.45, 2.75) is 38.1 Å². The van der Waals surface area contributed by atoms with Gasteiger partial charge in [0.05, 0.1) is 0 Å². The molecule has 0 unspecified atom stereocenters. The van der Waals surface area contributed by atoms with Crippen molar-refractivity contribution in [3.8, 4) is 0 Å². The third-order valence-electron chi connectivity index (χ3n) is 3.61. The summed E-state index contributed by atoms with van der Waals surface area (Å²) in [6, 6.07) is 5.08. The molecule has 0 amide bonds. The minimum Gasteiger partial charge on any atom is -0.328 e. The van der Waals surface area contributed by atoms with Crippen LogP contribution in [0.1, 0.15) is 31.2 Å². The standard InChI is InChI=1S/C14H17BrFNO/c15-11-4-1-10(13(16)8-11)7-14(18)9-2-5-12(17)6-3-9/h1,4,8-9,12H,2-3,5-7,17H2. The lowest BCUT2D eigenvalue weighted by Crippen LogP contribution is -2.30. The highest BCUT2D eigenvalue weighted by atomic mass is 79.9. The topological polar surface area (TPSA) is 43.1 Å². The van der Waals surface area contributed by atoms with Crippen LogP contribution in [0, 0.1) is 11.7 Å². The Kier molecular flexibility index (Phi) is 4.51. The number of carbonyl (C=O) groups is 1. The van der Waals surface area contributed by atoms with Crippen LogP contribution in [0.4, 0.5) is 4.39 Å². The normalized spacial score (nSPS) is 23.9. The van der Waals surface area contributed by atoms with E-state index >= 15 is 0 Å². The Bertz CT molecular complexity index is 441. The molecule has 18 heavy (non-hydrogen) atoms. The molecule has 4 heteroatoms. The van der Waals surface area contributed by atoms with Crippen molar-refractivity contribution < 1.29 is 9.18 Å². The van der Waals surface area contributed by atoms with E-state index in [0.29, 0.717) is 10.0 Å². The molecule has 1 aromatic rings. The fourth-order valence-corrected chi connectivity index (χ4v) is 2.77. The van der Waals surface area contributed by atoms with Crippen LogP contribution in [0.5, 0.6) is 0 Å². The molecule has 0 aromatic heterocycles. The first-order chi connectivity index (χ1) is 8.56. The van der Waals surface area contributed by atoms with E-state index in [1.54, 1.807) is 12.1 Å². The predicted octanol–water partition coefficient (Wildman–Crippen LogP) is 3.22. The van der Waals surface area contributed by atoms with E-state index in [1.165, 1.54) is 6.07 Å². The SMILES string of the molecule is NC1CCC(C(=O)Cc2ccc(Br)cc2F)CC1. The van der Waals surface area contributed by atoms with Gasteiger partial charge in [-0.2, -0.15) is 0 Å². The molecular formula is C14H17BrFNO. The van der Waals surface area contributed by atoms with Gasteiger partial charge in [-0.05, 0) is 43.4 Å². The van der Waals surface area contributed by atoms with Crippen molar-refractivity contribution in [1.82, 2.24) is 0 Å². The molecule has 2 nitrogen and oxygen atoms in total. The summed E-state index contributed by atoms with van der Waals surface area (Å²) in [5.74, 6) is -0.110. The number of nitrogens with two attached hydrogens (primary N) is 1. The van der Waals surface area contributed by atoms with E-state index in [2.05, 4.69) is 15.9 Å². The van der Waals surface area contributed by atoms with Crippen LogP contribution < -0.4 is 5.73 Å². The summed E-state index contributed by atoms with van der Waals surface area (Å²) < 4.78 is 14.3. The molecule has 2 N–H and O–H groups in total. The molecule has 0 bridgehead atoms. The molecule has 98 valence electrons. The van der Waals surface area contributed by atoms with Crippen molar-refractivity contribution in [2.24, 2.45) is 11.7 Å². The van der Waals surface area contributed by atoms with E-state index in [-0.39, 0.29) is 30.0 Å². The lowest BCUT2D eigenvalue weighted by molar-refractivity contribution is -0.123. The van der Waals surface area contributed by atoms with Gasteiger partial charge in [-0.15, -0.1) is 0 Å². The smallest absolute Gasteiger partial charge is 0.140 e. The Labute approximate surface area is 115 Å². The van der Waals surface area contributed by atoms with E-state index in [0.717, 1.165) is 25.7 Å². The molecule has 2 rings (SSSR count). The average molecular weight is 314 g/mol. The van der Waals surface area contributed by atoms with Crippen LogP contribution in [-0.4, -0.2) is 11.8 Å². The van der Waals surface area contributed by atoms with Crippen molar-refractivity contribution >= 4 is 21.7 Å². The summed E-state index contributed by atoms with van der Waals surface area (Å²) >= 11 is 3.21. The van der Waals surface area contributed by atoms with Gasteiger partial charge >= 0.3 is 0 Å². The lowest BCUT2D eigenvalue weighted by Gasteiger charge is -2.25. The van der Waals surface area contributed by atoms with Crippen LogP contribution in [0.15, 0.2) is 22.7 Å². The van der Waals surface area contributed by atoms with Gasteiger partial charge in [-0.3, -0.25) is 4.79 Å². The van der Waals surface area contributed by atoms with Crippen LogP contribution in [0.2, 0.25) is 0 Å². The second-order valence-corrected chi connectivity index (χ2v) is 5.91. The van der Waals surface area contributed by atoms with Crippen molar-refractivity contribution in [2.75, 3.05) is 0 Å². The van der Waals surface area contributed by atoms with E-state index < -0.39 is 0 Å². The summed E-state index contributed by atoms with van der Waals surface area (Å²) in [5.41, 5.74) is 6.30. The molecule has 1 aromatic carbocycles. The monoisotopic (exact) mass is 313 g/mol. The van der Waals surface area contributed by atoms with Gasteiger partial charge in [0.15, 0.2) is 0 Å². The summed E-state index contributed by atoms with van der Waals surface area (Å²) in [4.78, 5) is 12.1. The fraction of sp³-hybridized carbons (Fsp3) is 0.500. The summed E-state index contributed by atoms with van der Waals surface area (Å²) in [6.45, 7) is 0. The van der Waals surface area contributed by atoms with Crippen LogP contribution in [-0.2, 0) is 11.2 Å². The predicted molar refractivity (Wildman–Crippen MR) is 72.7 cm³/mol. The highest BCUT2D eigenvalue weighted by molar-refractivity contribution is 9.10. The van der Waals surface area contributed by atoms with Crippen molar-refractivity contribution in [1.29, 1.82) is 0 Å². The minimum atomic E-state index is -0.315. The molecule has 0 aliphatic heterocycles. The summed E-state index contributed by atoms with van der Waals surface area (Å²) in [6.07, 6.45) is 3.69. The van der Waals surface area contributed by atoms with Crippen LogP contribution in [0.25, 0.3) is 0 Å². The molecule has 0 heterocycles. The Morgan fingerprint density at radius 1 is 1.33 bits per heavy atom. The van der Waals surface area contributed by atoms with Crippen LogP contribution >= 0.6 is 15.9 Å². The van der Waals surface area contributed by atoms with Gasteiger partial charge in [-0.1, -0.05) is 22.0 Å². The molecule has 0 saturated heterocycles. The average Bonchev–Trinajstić information content (AvgIpc) is 2.33. The van der Waals surface area contributed by atoms with Gasteiger partial charge in [-0.25, -0.2) is 4.39 Å². The zero-order valence-electron chi connectivity index (χ0n) is 10.2. The maximum atomic E-state index is 13.6. The fourth-order valence-electron chi connectivity index (χ4n) is 2.44. The number of ketones is 1. The van der Waals surface area contributed by atoms with Gasteiger partial charge in [0.25, 0.3) is 0 Å². The maximum absolute atomic E-state index is 13.6. The van der Waals surface area contributed by atoms with E-state index in [1.807, 2.05) is 0 Å². The molecule has 0 atom stereocenters. The zero-order chi connectivity index (χ0) is 13.1. The highest BCUT2D eigenvalue weighted by Crippen LogP contribution is 2.26. The Morgan fingerprint density at radius 3 is 2.61 bits per heavy atom. The van der Waals surface area contributed by atoms with Gasteiger partial charge in [0.2, 0.25) is 0 Å². The zero-order valence-corrected chi connectivity index (χ0v) is 11.7. The summed E-state index contributed by atoms with van der Waals surface area (Å²) in [7, 11) is 0. The second kappa shape index (κ2) is 5.93. The number of hydrogen-bond donors (Lipinski definition) is 1. The van der Waals surface area contributed by atoms with Gasteiger partial charge in [0.1, 0.15) is 11.6 Å². The largest absolute Gasteiger partial charge is 0.328 e. The second-order valence-electron chi connectivity index (χ2n) is 4.99. The number of carbonyl (C=O) groups excluding carboxylic acids is 1. The molecular weight excluding hydrogens is 297 g/mol. The molecule has 0 spiro atoms. The molecule has 1 fully saturated rings. The molecule has 1 aliphatic rings. The third kappa shape index (κ3) is 3.39. The van der Waals surface area contributed by atoms with E-state index in [4.69, 9.17) is 5.73 Å². The number of halogens is 2. The number of benzene rings is 1. The van der Waals surface area contributed by atoms with Crippen LogP contribution in [0.3, 0.4) is 0 Å².